The first-order valence-electron chi connectivity index (χ1n) is 19.1. The molecule has 1 aromatic heterocycles. The van der Waals surface area contributed by atoms with Gasteiger partial charge in [0, 0.05) is 38.3 Å². The van der Waals surface area contributed by atoms with Gasteiger partial charge in [-0.05, 0) is 54.9 Å². The van der Waals surface area contributed by atoms with Crippen LogP contribution in [0.3, 0.4) is 0 Å². The van der Waals surface area contributed by atoms with Crippen LogP contribution in [0.5, 0.6) is 0 Å². The molecule has 5 amide bonds. The van der Waals surface area contributed by atoms with E-state index in [0.717, 1.165) is 28.1 Å². The van der Waals surface area contributed by atoms with Gasteiger partial charge < -0.3 is 30.7 Å². The number of carbonyl (C=O) groups is 4. The highest BCUT2D eigenvalue weighted by atomic mass is 16.5. The largest absolute Gasteiger partial charge is 0.453 e. The lowest BCUT2D eigenvalue weighted by atomic mass is 9.83. The second-order valence-corrected chi connectivity index (χ2v) is 15.5. The summed E-state index contributed by atoms with van der Waals surface area (Å²) in [5.74, 6) is -1.22. The summed E-state index contributed by atoms with van der Waals surface area (Å²) in [6.07, 6.45) is -0.573. The third-order valence-electron chi connectivity index (χ3n) is 10.2. The molecular weight excluding hydrogens is 699 g/mol. The summed E-state index contributed by atoms with van der Waals surface area (Å²) in [4.78, 5) is 59.2. The molecule has 1 saturated heterocycles. The number of aliphatic hydroxyl groups excluding tert-OH is 1. The SMILES string of the molecule is CCC(C)C(C(=O)NC(Cc1ccccc1)C(O)CN(Cc1ccc(C)cc1)NC(=O)CC(C)(C)CNC(=O)OC)C1CNC(=O)N1Cc1cccc(C)n1. The fraction of sp³-hybridized carbons (Fsp3) is 0.500. The lowest BCUT2D eigenvalue weighted by Gasteiger charge is -2.36. The van der Waals surface area contributed by atoms with Gasteiger partial charge in [0.05, 0.1) is 43.5 Å². The quantitative estimate of drug-likeness (QED) is 0.110. The van der Waals surface area contributed by atoms with E-state index in [9.17, 15) is 24.3 Å². The van der Waals surface area contributed by atoms with Gasteiger partial charge in [-0.25, -0.2) is 14.6 Å². The molecule has 3 aromatic rings. The van der Waals surface area contributed by atoms with Crippen LogP contribution in [-0.4, -0.2) is 88.9 Å². The molecule has 5 unspecified atom stereocenters. The van der Waals surface area contributed by atoms with Crippen molar-refractivity contribution in [2.24, 2.45) is 17.3 Å². The molecule has 4 rings (SSSR count). The minimum atomic E-state index is -1.11. The van der Waals surface area contributed by atoms with Gasteiger partial charge in [0.2, 0.25) is 11.8 Å². The van der Waals surface area contributed by atoms with Gasteiger partial charge in [-0.1, -0.05) is 100 Å². The second-order valence-electron chi connectivity index (χ2n) is 15.5. The summed E-state index contributed by atoms with van der Waals surface area (Å²) >= 11 is 0. The lowest BCUT2D eigenvalue weighted by molar-refractivity contribution is -0.132. The molecule has 13 nitrogen and oxygen atoms in total. The zero-order valence-electron chi connectivity index (χ0n) is 33.3. The summed E-state index contributed by atoms with van der Waals surface area (Å²) < 4.78 is 4.69. The Labute approximate surface area is 325 Å². The van der Waals surface area contributed by atoms with E-state index >= 15 is 0 Å². The highest BCUT2D eigenvalue weighted by Crippen LogP contribution is 2.28. The Bertz CT molecular complexity index is 1720. The fourth-order valence-electron chi connectivity index (χ4n) is 6.94. The molecule has 13 heteroatoms. The highest BCUT2D eigenvalue weighted by molar-refractivity contribution is 5.83. The van der Waals surface area contributed by atoms with Gasteiger partial charge in [-0.2, -0.15) is 0 Å². The van der Waals surface area contributed by atoms with Crippen LogP contribution in [0.15, 0.2) is 72.8 Å². The molecule has 298 valence electrons. The Kier molecular flexibility index (Phi) is 15.6. The molecule has 1 aliphatic heterocycles. The smallest absolute Gasteiger partial charge is 0.406 e. The first kappa shape index (κ1) is 42.7. The molecule has 0 spiro atoms. The average Bonchev–Trinajstić information content (AvgIpc) is 3.49. The molecule has 5 atom stereocenters. The van der Waals surface area contributed by atoms with Gasteiger partial charge >= 0.3 is 12.1 Å². The predicted octanol–water partition coefficient (Wildman–Crippen LogP) is 4.65. The number of nitrogens with zero attached hydrogens (tertiary/aromatic N) is 3. The topological polar surface area (TPSA) is 165 Å². The number of hydrogen-bond donors (Lipinski definition) is 5. The third kappa shape index (κ3) is 13.1. The summed E-state index contributed by atoms with van der Waals surface area (Å²) in [5.41, 5.74) is 6.91. The van der Waals surface area contributed by atoms with Crippen LogP contribution in [0.4, 0.5) is 9.59 Å². The molecule has 5 N–H and O–H groups in total. The van der Waals surface area contributed by atoms with Crippen molar-refractivity contribution in [3.05, 3.63) is 101 Å². The van der Waals surface area contributed by atoms with Crippen molar-refractivity contribution < 1.29 is 29.0 Å². The van der Waals surface area contributed by atoms with Crippen molar-refractivity contribution in [1.29, 1.82) is 0 Å². The molecule has 55 heavy (non-hydrogen) atoms. The van der Waals surface area contributed by atoms with Crippen molar-refractivity contribution in [1.82, 2.24) is 36.3 Å². The maximum absolute atomic E-state index is 14.5. The van der Waals surface area contributed by atoms with Gasteiger partial charge in [0.15, 0.2) is 0 Å². The number of methoxy groups -OCH3 is 1. The van der Waals surface area contributed by atoms with Crippen LogP contribution in [-0.2, 0) is 33.8 Å². The molecule has 0 saturated carbocycles. The number of ether oxygens (including phenoxy) is 1. The Morgan fingerprint density at radius 3 is 2.40 bits per heavy atom. The van der Waals surface area contributed by atoms with Crippen molar-refractivity contribution in [2.75, 3.05) is 26.7 Å². The molecule has 0 radical (unpaired) electrons. The normalized spacial score (nSPS) is 16.5. The molecule has 0 aliphatic carbocycles. The van der Waals surface area contributed by atoms with E-state index < -0.39 is 35.6 Å². The zero-order chi connectivity index (χ0) is 40.1. The number of urea groups is 1. The summed E-state index contributed by atoms with van der Waals surface area (Å²) in [5, 5.41) is 22.5. The first-order valence-corrected chi connectivity index (χ1v) is 19.1. The van der Waals surface area contributed by atoms with E-state index in [4.69, 9.17) is 0 Å². The van der Waals surface area contributed by atoms with Gasteiger partial charge in [-0.3, -0.25) is 20.0 Å². The number of aromatic nitrogens is 1. The minimum Gasteiger partial charge on any atom is -0.453 e. The number of hydrazine groups is 1. The molecule has 1 aliphatic rings. The third-order valence-corrected chi connectivity index (χ3v) is 10.2. The average molecular weight is 758 g/mol. The molecule has 1 fully saturated rings. The van der Waals surface area contributed by atoms with E-state index in [1.54, 1.807) is 9.91 Å². The van der Waals surface area contributed by atoms with Crippen LogP contribution in [0.2, 0.25) is 0 Å². The number of hydrogen-bond acceptors (Lipinski definition) is 8. The number of alkyl carbamates (subject to hydrolysis) is 1. The standard InChI is InChI=1S/C42H59N7O6/c1-8-29(3)38(35-23-43-40(53)49(35)25-33-16-12-13-30(4)45-33)39(52)46-34(21-31-14-10-9-11-15-31)36(50)26-48(24-32-19-17-28(2)18-20-32)47-37(51)22-42(5,6)27-44-41(54)55-7/h9-20,29,34-36,38,50H,8,21-27H2,1-7H3,(H,43,53)(H,44,54)(H,46,52)(H,47,51). The maximum atomic E-state index is 14.5. The van der Waals surface area contributed by atoms with Crippen molar-refractivity contribution >= 4 is 23.9 Å². The second kappa shape index (κ2) is 20.1. The Morgan fingerprint density at radius 1 is 1.04 bits per heavy atom. The van der Waals surface area contributed by atoms with Crippen molar-refractivity contribution in [2.45, 2.75) is 92.1 Å². The van der Waals surface area contributed by atoms with Gasteiger partial charge in [0.25, 0.3) is 0 Å². The van der Waals surface area contributed by atoms with E-state index in [0.29, 0.717) is 25.9 Å². The number of pyridine rings is 1. The fourth-order valence-corrected chi connectivity index (χ4v) is 6.94. The number of rotatable bonds is 19. The lowest BCUT2D eigenvalue weighted by Crippen LogP contribution is -2.56. The monoisotopic (exact) mass is 757 g/mol. The van der Waals surface area contributed by atoms with Gasteiger partial charge in [-0.15, -0.1) is 0 Å². The summed E-state index contributed by atoms with van der Waals surface area (Å²) in [7, 11) is 1.29. The van der Waals surface area contributed by atoms with Crippen LogP contribution in [0, 0.1) is 31.1 Å². The van der Waals surface area contributed by atoms with Crippen molar-refractivity contribution in [3.8, 4) is 0 Å². The van der Waals surface area contributed by atoms with E-state index in [-0.39, 0.29) is 49.8 Å². The summed E-state index contributed by atoms with van der Waals surface area (Å²) in [6, 6.07) is 21.8. The van der Waals surface area contributed by atoms with Crippen molar-refractivity contribution in [3.63, 3.8) is 0 Å². The summed E-state index contributed by atoms with van der Waals surface area (Å²) in [6.45, 7) is 12.8. The zero-order valence-corrected chi connectivity index (χ0v) is 33.3. The van der Waals surface area contributed by atoms with Crippen LogP contribution < -0.4 is 21.4 Å². The molecule has 2 heterocycles. The molecular formula is C42H59N7O6. The van der Waals surface area contributed by atoms with Gasteiger partial charge in [0.1, 0.15) is 0 Å². The van der Waals surface area contributed by atoms with E-state index in [2.05, 4.69) is 31.1 Å². The van der Waals surface area contributed by atoms with Crippen LogP contribution in [0.1, 0.15) is 68.6 Å². The highest BCUT2D eigenvalue weighted by Gasteiger charge is 2.43. The number of nitrogens with one attached hydrogen (secondary N) is 4. The Hall–Kier alpha value is -5.01. The van der Waals surface area contributed by atoms with E-state index in [1.165, 1.54) is 7.11 Å². The number of aryl methyl sites for hydroxylation is 2. The number of aliphatic hydroxyl groups is 1. The van der Waals surface area contributed by atoms with E-state index in [1.807, 2.05) is 114 Å². The number of benzene rings is 2. The Balaban J connectivity index is 1.58. The van der Waals surface area contributed by atoms with Crippen LogP contribution >= 0.6 is 0 Å². The number of carbonyl (C=O) groups excluding carboxylic acids is 4. The predicted molar refractivity (Wildman–Crippen MR) is 211 cm³/mol. The maximum Gasteiger partial charge on any atom is 0.406 e. The molecule has 2 aromatic carbocycles. The molecule has 0 bridgehead atoms. The number of amides is 5. The van der Waals surface area contributed by atoms with Crippen LogP contribution in [0.25, 0.3) is 0 Å². The minimum absolute atomic E-state index is 0.000850. The Morgan fingerprint density at radius 2 is 1.75 bits per heavy atom. The first-order chi connectivity index (χ1) is 26.2.